The summed E-state index contributed by atoms with van der Waals surface area (Å²) in [6, 6.07) is 51.6. The molecule has 0 N–H and O–H groups in total. The van der Waals surface area contributed by atoms with E-state index in [0.29, 0.717) is 6.42 Å². The average molecular weight is 760 g/mol. The third-order valence-electron chi connectivity index (χ3n) is 13.3. The smallest absolute Gasteiger partial charge is 0.0702 e. The van der Waals surface area contributed by atoms with Crippen molar-refractivity contribution in [2.24, 2.45) is 22.2 Å². The summed E-state index contributed by atoms with van der Waals surface area (Å²) in [5.74, 6) is 0.269. The molecule has 4 atom stereocenters. The van der Waals surface area contributed by atoms with Crippen molar-refractivity contribution in [1.29, 1.82) is 0 Å². The van der Waals surface area contributed by atoms with E-state index in [1.165, 1.54) is 5.56 Å². The Morgan fingerprint density at radius 3 is 1.33 bits per heavy atom. The first kappa shape index (κ1) is 32.3. The molecule has 0 saturated heterocycles. The van der Waals surface area contributed by atoms with E-state index >= 15 is 0 Å². The zero-order valence-electron chi connectivity index (χ0n) is 37.2. The lowest BCUT2D eigenvalue weighted by Gasteiger charge is -2.67. The van der Waals surface area contributed by atoms with Crippen LogP contribution in [-0.4, -0.2) is 15.0 Å². The highest BCUT2D eigenvalue weighted by Crippen LogP contribution is 2.73. The van der Waals surface area contributed by atoms with Crippen LogP contribution in [0.5, 0.6) is 0 Å². The van der Waals surface area contributed by atoms with Crippen molar-refractivity contribution in [1.82, 2.24) is 15.0 Å². The summed E-state index contributed by atoms with van der Waals surface area (Å²) in [6.45, 7) is 0. The maximum Gasteiger partial charge on any atom is 0.0702 e. The van der Waals surface area contributed by atoms with Gasteiger partial charge in [0, 0.05) is 40.8 Å². The zero-order chi connectivity index (χ0) is 42.4. The van der Waals surface area contributed by atoms with Gasteiger partial charge in [-0.3, -0.25) is 15.0 Å². The molecular weight excluding hydrogens is 703 g/mol. The second-order valence-corrected chi connectivity index (χ2v) is 17.6. The molecule has 0 radical (unpaired) electrons. The topological polar surface area (TPSA) is 38.7 Å². The van der Waals surface area contributed by atoms with E-state index < -0.39 is 23.6 Å². The van der Waals surface area contributed by atoms with E-state index in [4.69, 9.17) is 15.0 Å². The van der Waals surface area contributed by atoms with Crippen molar-refractivity contribution in [3.8, 4) is 44.9 Å². The van der Waals surface area contributed by atoms with Crippen molar-refractivity contribution in [3.63, 3.8) is 0 Å². The van der Waals surface area contributed by atoms with Gasteiger partial charge in [-0.1, -0.05) is 127 Å². The molecule has 4 bridgehead atoms. The third-order valence-corrected chi connectivity index (χ3v) is 13.3. The van der Waals surface area contributed by atoms with Gasteiger partial charge < -0.3 is 0 Å². The number of pyridine rings is 3. The largest absolute Gasteiger partial charge is 0.256 e. The first-order chi connectivity index (χ1) is 30.0. The van der Waals surface area contributed by atoms with E-state index in [9.17, 15) is 5.48 Å². The van der Waals surface area contributed by atoms with E-state index in [-0.39, 0.29) is 24.2 Å². The van der Waals surface area contributed by atoms with Crippen LogP contribution in [0.25, 0.3) is 44.9 Å². The molecule has 4 aromatic carbocycles. The number of rotatable bonds is 13. The summed E-state index contributed by atoms with van der Waals surface area (Å²) in [6.07, 6.45) is 9.63. The van der Waals surface area contributed by atoms with Crippen molar-refractivity contribution in [3.05, 3.63) is 187 Å². The Morgan fingerprint density at radius 1 is 0.414 bits per heavy atom. The molecule has 7 aromatic rings. The quantitative estimate of drug-likeness (QED) is 0.117. The maximum atomic E-state index is 10.1. The zero-order valence-corrected chi connectivity index (χ0v) is 33.2. The Morgan fingerprint density at radius 2 is 0.828 bits per heavy atom. The fourth-order valence-electron chi connectivity index (χ4n) is 11.1. The molecule has 11 rings (SSSR count). The normalized spacial score (nSPS) is 24.7. The molecule has 3 heterocycles. The highest BCUT2D eigenvalue weighted by Gasteiger charge is 2.62. The van der Waals surface area contributed by atoms with Crippen molar-refractivity contribution >= 4 is 0 Å². The van der Waals surface area contributed by atoms with Crippen LogP contribution in [0, 0.1) is 22.2 Å². The molecule has 0 spiro atoms. The predicted octanol–water partition coefficient (Wildman–Crippen LogP) is 13.7. The van der Waals surface area contributed by atoms with Gasteiger partial charge in [0.2, 0.25) is 0 Å². The molecule has 58 heavy (non-hydrogen) atoms. The van der Waals surface area contributed by atoms with Crippen molar-refractivity contribution in [2.75, 3.05) is 0 Å². The molecule has 4 saturated carbocycles. The predicted molar refractivity (Wildman–Crippen MR) is 238 cm³/mol. The lowest BCUT2D eigenvalue weighted by atomic mass is 9.37. The van der Waals surface area contributed by atoms with Crippen molar-refractivity contribution < 1.29 is 5.48 Å². The third kappa shape index (κ3) is 7.80. The molecule has 4 aliphatic carbocycles. The minimum Gasteiger partial charge on any atom is -0.256 e. The van der Waals surface area contributed by atoms with Crippen LogP contribution in [0.1, 0.15) is 79.9 Å². The first-order valence-electron chi connectivity index (χ1n) is 23.1. The van der Waals surface area contributed by atoms with Gasteiger partial charge >= 0.3 is 0 Å². The Hall–Kier alpha value is -5.67. The van der Waals surface area contributed by atoms with Gasteiger partial charge in [0.1, 0.15) is 0 Å². The number of hydrogen-bond acceptors (Lipinski definition) is 3. The molecule has 3 aromatic heterocycles. The van der Waals surface area contributed by atoms with Gasteiger partial charge in [0.05, 0.1) is 17.1 Å². The SMILES string of the molecule is [2H]C([2H])(Cc1ccc(-c2ccccc2)nc1)C12CC3CC(CCc4ccc(-c5ccccc5)nc4)(C1)CC(C([2H])([2H])Cc1ccc(-c4cccc(-c5ccccc5)c4)nc1)(C3)C2. The molecule has 3 nitrogen and oxygen atoms in total. The summed E-state index contributed by atoms with van der Waals surface area (Å²) in [5.41, 5.74) is 9.64. The summed E-state index contributed by atoms with van der Waals surface area (Å²) in [4.78, 5) is 14.5. The molecule has 0 aliphatic heterocycles. The summed E-state index contributed by atoms with van der Waals surface area (Å²) >= 11 is 0. The Labute approximate surface area is 350 Å². The van der Waals surface area contributed by atoms with Gasteiger partial charge in [-0.15, -0.1) is 0 Å². The van der Waals surface area contributed by atoms with Crippen molar-refractivity contribution in [2.45, 2.75) is 77.0 Å². The first-order valence-corrected chi connectivity index (χ1v) is 21.1. The van der Waals surface area contributed by atoms with E-state index in [0.717, 1.165) is 101 Å². The number of hydrogen-bond donors (Lipinski definition) is 0. The summed E-state index contributed by atoms with van der Waals surface area (Å²) in [5, 5.41) is 0. The minimum atomic E-state index is -1.56. The molecule has 3 heteroatoms. The number of aromatic nitrogens is 3. The lowest BCUT2D eigenvalue weighted by molar-refractivity contribution is -0.166. The Kier molecular flexibility index (Phi) is 8.68. The van der Waals surface area contributed by atoms with Gasteiger partial charge in [0.15, 0.2) is 0 Å². The molecule has 4 fully saturated rings. The molecule has 288 valence electrons. The van der Waals surface area contributed by atoms with Crippen LogP contribution < -0.4 is 0 Å². The second kappa shape index (κ2) is 15.6. The van der Waals surface area contributed by atoms with Crippen LogP contribution in [0.15, 0.2) is 170 Å². The Balaban J connectivity index is 0.938. The Bertz CT molecular complexity index is 2640. The van der Waals surface area contributed by atoms with Gasteiger partial charge in [-0.05, 0) is 151 Å². The summed E-state index contributed by atoms with van der Waals surface area (Å²) < 4.78 is 40.2. The number of nitrogens with zero attached hydrogens (tertiary/aromatic N) is 3. The monoisotopic (exact) mass is 759 g/mol. The van der Waals surface area contributed by atoms with Crippen LogP contribution >= 0.6 is 0 Å². The van der Waals surface area contributed by atoms with Gasteiger partial charge in [0.25, 0.3) is 0 Å². The van der Waals surface area contributed by atoms with Crippen LogP contribution in [0.3, 0.4) is 0 Å². The minimum absolute atomic E-state index is 0.167. The van der Waals surface area contributed by atoms with E-state index in [1.54, 1.807) is 0 Å². The summed E-state index contributed by atoms with van der Waals surface area (Å²) in [7, 11) is 0. The molecule has 4 unspecified atom stereocenters. The van der Waals surface area contributed by atoms with E-state index in [1.807, 2.05) is 91.4 Å². The van der Waals surface area contributed by atoms with Crippen LogP contribution in [0.4, 0.5) is 0 Å². The lowest BCUT2D eigenvalue weighted by Crippen LogP contribution is -2.57. The highest BCUT2D eigenvalue weighted by molar-refractivity contribution is 5.71. The molecule has 0 amide bonds. The number of aryl methyl sites for hydroxylation is 3. The van der Waals surface area contributed by atoms with Gasteiger partial charge in [-0.25, -0.2) is 0 Å². The average Bonchev–Trinajstić information content (AvgIpc) is 3.29. The molecular formula is C55H53N3. The fraction of sp³-hybridized carbons (Fsp3) is 0.291. The second-order valence-electron chi connectivity index (χ2n) is 17.6. The van der Waals surface area contributed by atoms with Crippen LogP contribution in [0.2, 0.25) is 0 Å². The van der Waals surface area contributed by atoms with E-state index in [2.05, 4.69) is 78.9 Å². The molecule has 4 aliphatic rings. The number of benzene rings is 4. The standard InChI is InChI=1S/C55H53N3/c1-4-11-45(12-5-1)48-17-10-18-49(31-48)52-24-21-43(37-58-52)27-30-55-34-44-32-53(39-55,28-25-41-19-22-50(56-35-41)46-13-6-2-7-14-46)38-54(33-44,40-55)29-26-42-20-23-51(57-36-42)47-15-8-3-9-16-47/h1-24,31,35-37,44H,25-30,32-34,38-40H2/i28D2,30D2. The highest BCUT2D eigenvalue weighted by atomic mass is 14.7. The maximum absolute atomic E-state index is 10.1. The van der Waals surface area contributed by atoms with Crippen LogP contribution in [-0.2, 0) is 19.3 Å². The van der Waals surface area contributed by atoms with Gasteiger partial charge in [-0.2, -0.15) is 0 Å². The fourth-order valence-corrected chi connectivity index (χ4v) is 11.1.